The number of nitrogens with zero attached hydrogens (tertiary/aromatic N) is 1. The Hall–Kier alpha value is -0.580. The van der Waals surface area contributed by atoms with E-state index in [4.69, 9.17) is 4.74 Å². The van der Waals surface area contributed by atoms with Crippen LogP contribution in [-0.4, -0.2) is 42.5 Å². The number of hydrogen-bond acceptors (Lipinski definition) is 3. The van der Waals surface area contributed by atoms with E-state index in [2.05, 4.69) is 4.90 Å². The number of benzene rings is 1. The van der Waals surface area contributed by atoms with Crippen molar-refractivity contribution < 1.29 is 9.13 Å². The Morgan fingerprint density at radius 1 is 1.20 bits per heavy atom. The molecule has 1 aliphatic carbocycles. The second-order valence-corrected chi connectivity index (χ2v) is 6.77. The standard InChI is InChI=1S/C16H22FNOS/c17-13-5-7-14(8-6-13)20-12-10-18-9-11-19-16-4-2-1-3-15(16)18/h5-8,15-16H,1-4,9-12H2. The molecule has 20 heavy (non-hydrogen) atoms. The van der Waals surface area contributed by atoms with Crippen LogP contribution in [0.3, 0.4) is 0 Å². The molecule has 0 spiro atoms. The van der Waals surface area contributed by atoms with Gasteiger partial charge in [0.2, 0.25) is 0 Å². The lowest BCUT2D eigenvalue weighted by Crippen LogP contribution is -2.53. The molecule has 0 aromatic heterocycles. The number of fused-ring (bicyclic) bond motifs is 1. The normalized spacial score (nSPS) is 27.2. The van der Waals surface area contributed by atoms with Crippen molar-refractivity contribution in [3.05, 3.63) is 30.1 Å². The third-order valence-electron chi connectivity index (χ3n) is 4.31. The molecule has 3 rings (SSSR count). The lowest BCUT2D eigenvalue weighted by Gasteiger charge is -2.43. The number of rotatable bonds is 4. The maximum absolute atomic E-state index is 12.9. The minimum atomic E-state index is -0.160. The van der Waals surface area contributed by atoms with E-state index in [1.807, 2.05) is 23.9 Å². The molecule has 110 valence electrons. The zero-order chi connectivity index (χ0) is 13.8. The largest absolute Gasteiger partial charge is 0.375 e. The van der Waals surface area contributed by atoms with Gasteiger partial charge in [-0.1, -0.05) is 12.8 Å². The highest BCUT2D eigenvalue weighted by Crippen LogP contribution is 2.29. The van der Waals surface area contributed by atoms with Crippen LogP contribution in [0.25, 0.3) is 0 Å². The summed E-state index contributed by atoms with van der Waals surface area (Å²) in [5.41, 5.74) is 0. The molecule has 1 saturated heterocycles. The summed E-state index contributed by atoms with van der Waals surface area (Å²) in [7, 11) is 0. The number of ether oxygens (including phenoxy) is 1. The monoisotopic (exact) mass is 295 g/mol. The van der Waals surface area contributed by atoms with Gasteiger partial charge in [0.05, 0.1) is 12.7 Å². The Morgan fingerprint density at radius 2 is 2.00 bits per heavy atom. The van der Waals surface area contributed by atoms with Crippen LogP contribution in [0.2, 0.25) is 0 Å². The molecule has 2 unspecified atom stereocenters. The molecular formula is C16H22FNOS. The number of halogens is 1. The third kappa shape index (κ3) is 3.54. The van der Waals surface area contributed by atoms with Crippen molar-refractivity contribution in [2.45, 2.75) is 42.7 Å². The van der Waals surface area contributed by atoms with Crippen molar-refractivity contribution in [1.29, 1.82) is 0 Å². The molecule has 4 heteroatoms. The zero-order valence-corrected chi connectivity index (χ0v) is 12.6. The summed E-state index contributed by atoms with van der Waals surface area (Å²) in [6, 6.07) is 7.43. The van der Waals surface area contributed by atoms with Crippen LogP contribution in [0, 0.1) is 5.82 Å². The Balaban J connectivity index is 1.48. The topological polar surface area (TPSA) is 12.5 Å². The van der Waals surface area contributed by atoms with Gasteiger partial charge < -0.3 is 4.74 Å². The number of morpholine rings is 1. The molecule has 2 atom stereocenters. The van der Waals surface area contributed by atoms with Crippen molar-refractivity contribution in [3.8, 4) is 0 Å². The summed E-state index contributed by atoms with van der Waals surface area (Å²) >= 11 is 1.81. The highest BCUT2D eigenvalue weighted by atomic mass is 32.2. The number of thioether (sulfide) groups is 1. The van der Waals surface area contributed by atoms with Gasteiger partial charge in [-0.15, -0.1) is 11.8 Å². The second-order valence-electron chi connectivity index (χ2n) is 5.60. The molecule has 1 saturated carbocycles. The van der Waals surface area contributed by atoms with Gasteiger partial charge in [-0.05, 0) is 37.1 Å². The average Bonchev–Trinajstić information content (AvgIpc) is 2.49. The molecule has 0 N–H and O–H groups in total. The van der Waals surface area contributed by atoms with E-state index >= 15 is 0 Å². The molecule has 2 aliphatic rings. The van der Waals surface area contributed by atoms with Gasteiger partial charge in [0.15, 0.2) is 0 Å². The summed E-state index contributed by atoms with van der Waals surface area (Å²) in [5, 5.41) is 0. The molecule has 0 bridgehead atoms. The van der Waals surface area contributed by atoms with Crippen LogP contribution in [0.4, 0.5) is 4.39 Å². The zero-order valence-electron chi connectivity index (χ0n) is 11.8. The minimum Gasteiger partial charge on any atom is -0.375 e. The summed E-state index contributed by atoms with van der Waals surface area (Å²) in [6.45, 7) is 3.04. The van der Waals surface area contributed by atoms with Gasteiger partial charge in [0.1, 0.15) is 5.82 Å². The Kier molecular flexibility index (Phi) is 4.97. The lowest BCUT2D eigenvalue weighted by atomic mass is 9.90. The Bertz CT molecular complexity index is 423. The molecule has 0 radical (unpaired) electrons. The predicted octanol–water partition coefficient (Wildman–Crippen LogP) is 3.56. The molecule has 1 aromatic carbocycles. The first-order valence-electron chi connectivity index (χ1n) is 7.57. The van der Waals surface area contributed by atoms with Gasteiger partial charge in [0, 0.05) is 29.8 Å². The smallest absolute Gasteiger partial charge is 0.123 e. The van der Waals surface area contributed by atoms with Crippen LogP contribution in [-0.2, 0) is 4.74 Å². The van der Waals surface area contributed by atoms with Crippen LogP contribution < -0.4 is 0 Å². The summed E-state index contributed by atoms with van der Waals surface area (Å²) in [4.78, 5) is 3.75. The van der Waals surface area contributed by atoms with Gasteiger partial charge in [-0.3, -0.25) is 4.90 Å². The van der Waals surface area contributed by atoms with E-state index in [0.717, 1.165) is 30.3 Å². The van der Waals surface area contributed by atoms with Crippen molar-refractivity contribution in [2.24, 2.45) is 0 Å². The molecule has 0 amide bonds. The van der Waals surface area contributed by atoms with E-state index in [9.17, 15) is 4.39 Å². The molecule has 2 nitrogen and oxygen atoms in total. The SMILES string of the molecule is Fc1ccc(SCCN2CCOC3CCCCC32)cc1. The maximum Gasteiger partial charge on any atom is 0.123 e. The molecular weight excluding hydrogens is 273 g/mol. The Labute approximate surface area is 124 Å². The molecule has 1 heterocycles. The van der Waals surface area contributed by atoms with Crippen LogP contribution in [0.1, 0.15) is 25.7 Å². The Morgan fingerprint density at radius 3 is 2.85 bits per heavy atom. The van der Waals surface area contributed by atoms with Gasteiger partial charge in [0.25, 0.3) is 0 Å². The van der Waals surface area contributed by atoms with Crippen molar-refractivity contribution >= 4 is 11.8 Å². The van der Waals surface area contributed by atoms with Crippen LogP contribution >= 0.6 is 11.8 Å². The molecule has 1 aromatic rings. The predicted molar refractivity (Wildman–Crippen MR) is 80.7 cm³/mol. The molecule has 1 aliphatic heterocycles. The van der Waals surface area contributed by atoms with E-state index in [1.54, 1.807) is 0 Å². The van der Waals surface area contributed by atoms with E-state index in [1.165, 1.54) is 37.8 Å². The number of hydrogen-bond donors (Lipinski definition) is 0. The van der Waals surface area contributed by atoms with Crippen LogP contribution in [0.5, 0.6) is 0 Å². The van der Waals surface area contributed by atoms with Crippen LogP contribution in [0.15, 0.2) is 29.2 Å². The summed E-state index contributed by atoms with van der Waals surface area (Å²) in [5.74, 6) is 0.905. The second kappa shape index (κ2) is 6.92. The maximum atomic E-state index is 12.9. The van der Waals surface area contributed by atoms with E-state index in [-0.39, 0.29) is 5.82 Å². The van der Waals surface area contributed by atoms with Gasteiger partial charge in [-0.2, -0.15) is 0 Å². The third-order valence-corrected chi connectivity index (χ3v) is 5.30. The fourth-order valence-corrected chi connectivity index (χ4v) is 4.16. The van der Waals surface area contributed by atoms with E-state index < -0.39 is 0 Å². The summed E-state index contributed by atoms with van der Waals surface area (Å²) in [6.07, 6.45) is 5.64. The van der Waals surface area contributed by atoms with Gasteiger partial charge in [-0.25, -0.2) is 4.39 Å². The first-order valence-corrected chi connectivity index (χ1v) is 8.55. The fourth-order valence-electron chi connectivity index (χ4n) is 3.27. The quantitative estimate of drug-likeness (QED) is 0.788. The first kappa shape index (κ1) is 14.4. The van der Waals surface area contributed by atoms with E-state index in [0.29, 0.717) is 12.1 Å². The average molecular weight is 295 g/mol. The van der Waals surface area contributed by atoms with Gasteiger partial charge >= 0.3 is 0 Å². The lowest BCUT2D eigenvalue weighted by molar-refractivity contribution is -0.0858. The minimum absolute atomic E-state index is 0.160. The fraction of sp³-hybridized carbons (Fsp3) is 0.625. The van der Waals surface area contributed by atoms with Crippen molar-refractivity contribution in [3.63, 3.8) is 0 Å². The van der Waals surface area contributed by atoms with Crippen molar-refractivity contribution in [2.75, 3.05) is 25.4 Å². The molecule has 2 fully saturated rings. The first-order chi connectivity index (χ1) is 9.83. The highest BCUT2D eigenvalue weighted by molar-refractivity contribution is 7.99. The highest BCUT2D eigenvalue weighted by Gasteiger charge is 2.33. The summed E-state index contributed by atoms with van der Waals surface area (Å²) < 4.78 is 18.8. The van der Waals surface area contributed by atoms with Crippen molar-refractivity contribution in [1.82, 2.24) is 4.90 Å².